The van der Waals surface area contributed by atoms with Gasteiger partial charge in [-0.15, -0.1) is 0 Å². The van der Waals surface area contributed by atoms with Crippen molar-refractivity contribution in [1.29, 1.82) is 0 Å². The minimum absolute atomic E-state index is 1.17. The number of hydrogen-bond acceptors (Lipinski definition) is 1. The summed E-state index contributed by atoms with van der Waals surface area (Å²) < 4.78 is 0. The number of aryl methyl sites for hydroxylation is 1. The summed E-state index contributed by atoms with van der Waals surface area (Å²) in [4.78, 5) is 0. The van der Waals surface area contributed by atoms with Gasteiger partial charge in [-0.3, -0.25) is 0 Å². The van der Waals surface area contributed by atoms with Crippen LogP contribution in [0.1, 0.15) is 11.1 Å². The predicted molar refractivity (Wildman–Crippen MR) is 98.8 cm³/mol. The van der Waals surface area contributed by atoms with Crippen molar-refractivity contribution in [2.24, 2.45) is 0 Å². The molecule has 1 heteroatoms. The maximum atomic E-state index is 2.42. The molecule has 0 aliphatic carbocycles. The third kappa shape index (κ3) is 1.93. The summed E-state index contributed by atoms with van der Waals surface area (Å²) in [5, 5.41) is 8.09. The Kier molecular flexibility index (Phi) is 2.71. The topological polar surface area (TPSA) is 0 Å². The van der Waals surface area contributed by atoms with E-state index in [1.165, 1.54) is 55.8 Å². The second-order valence-corrected chi connectivity index (χ2v) is 7.27. The van der Waals surface area contributed by atoms with Crippen LogP contribution in [0.4, 0.5) is 0 Å². The van der Waals surface area contributed by atoms with E-state index < -0.39 is 0 Å². The van der Waals surface area contributed by atoms with E-state index >= 15 is 0 Å². The molecule has 0 spiro atoms. The zero-order chi connectivity index (χ0) is 14.5. The Morgan fingerprint density at radius 3 is 1.82 bits per heavy atom. The van der Waals surface area contributed by atoms with Gasteiger partial charge in [0, 0.05) is 5.75 Å². The van der Waals surface area contributed by atoms with Crippen LogP contribution in [0.3, 0.4) is 0 Å². The molecule has 0 saturated heterocycles. The standard InChI is InChI=1S/C21H16S/c1-2-4-15-8-18-11-20-12-21-13-22-6-5-16(21)9-19(20)10-17(18)7-14(15)3-1/h1-4,7-12H,5-6,13H2. The molecule has 5 rings (SSSR count). The summed E-state index contributed by atoms with van der Waals surface area (Å²) in [7, 11) is 0. The first kappa shape index (κ1) is 12.5. The van der Waals surface area contributed by atoms with Crippen LogP contribution in [0.15, 0.2) is 60.7 Å². The first-order valence-corrected chi connectivity index (χ1v) is 8.98. The van der Waals surface area contributed by atoms with Crippen LogP contribution in [-0.2, 0) is 12.2 Å². The molecule has 0 N–H and O–H groups in total. The highest BCUT2D eigenvalue weighted by molar-refractivity contribution is 7.98. The van der Waals surface area contributed by atoms with Crippen molar-refractivity contribution in [2.75, 3.05) is 5.75 Å². The van der Waals surface area contributed by atoms with Crippen molar-refractivity contribution >= 4 is 44.1 Å². The Morgan fingerprint density at radius 2 is 1.14 bits per heavy atom. The molecule has 0 radical (unpaired) electrons. The highest BCUT2D eigenvalue weighted by Gasteiger charge is 2.11. The summed E-state index contributed by atoms with van der Waals surface area (Å²) in [5.41, 5.74) is 3.08. The Hall–Kier alpha value is -1.99. The van der Waals surface area contributed by atoms with Crippen molar-refractivity contribution < 1.29 is 0 Å². The molecular formula is C21H16S. The number of benzene rings is 4. The molecule has 0 fully saturated rings. The lowest BCUT2D eigenvalue weighted by Gasteiger charge is -2.16. The third-order valence-electron chi connectivity index (χ3n) is 4.75. The van der Waals surface area contributed by atoms with Gasteiger partial charge in [0.05, 0.1) is 0 Å². The summed E-state index contributed by atoms with van der Waals surface area (Å²) in [5.74, 6) is 2.43. The zero-order valence-electron chi connectivity index (χ0n) is 12.3. The average Bonchev–Trinajstić information content (AvgIpc) is 2.56. The minimum atomic E-state index is 1.17. The number of rotatable bonds is 0. The smallest absolute Gasteiger partial charge is 0.0187 e. The van der Waals surface area contributed by atoms with E-state index in [1.54, 1.807) is 5.56 Å². The summed E-state index contributed by atoms with van der Waals surface area (Å²) in [6, 6.07) is 22.8. The van der Waals surface area contributed by atoms with Gasteiger partial charge in [-0.25, -0.2) is 0 Å². The third-order valence-corrected chi connectivity index (χ3v) is 5.76. The second-order valence-electron chi connectivity index (χ2n) is 6.17. The van der Waals surface area contributed by atoms with Gasteiger partial charge in [-0.2, -0.15) is 11.8 Å². The lowest BCUT2D eigenvalue weighted by Crippen LogP contribution is -2.01. The second kappa shape index (κ2) is 4.76. The molecule has 0 atom stereocenters. The van der Waals surface area contributed by atoms with E-state index in [1.807, 2.05) is 0 Å². The fourth-order valence-electron chi connectivity index (χ4n) is 3.57. The molecule has 106 valence electrons. The molecule has 1 aliphatic rings. The number of hydrogen-bond donors (Lipinski definition) is 0. The Labute approximate surface area is 134 Å². The monoisotopic (exact) mass is 300 g/mol. The van der Waals surface area contributed by atoms with Gasteiger partial charge in [0.1, 0.15) is 0 Å². The maximum Gasteiger partial charge on any atom is 0.0187 e. The van der Waals surface area contributed by atoms with E-state index in [9.17, 15) is 0 Å². The van der Waals surface area contributed by atoms with Crippen LogP contribution in [-0.4, -0.2) is 5.75 Å². The lowest BCUT2D eigenvalue weighted by atomic mass is 9.96. The molecule has 1 heterocycles. The van der Waals surface area contributed by atoms with E-state index in [-0.39, 0.29) is 0 Å². The van der Waals surface area contributed by atoms with Crippen molar-refractivity contribution in [2.45, 2.75) is 12.2 Å². The van der Waals surface area contributed by atoms with Crippen LogP contribution >= 0.6 is 11.8 Å². The van der Waals surface area contributed by atoms with Gasteiger partial charge in [-0.05, 0) is 79.9 Å². The number of thioether (sulfide) groups is 1. The molecule has 0 nitrogen and oxygen atoms in total. The molecule has 4 aromatic carbocycles. The van der Waals surface area contributed by atoms with Crippen LogP contribution in [0.25, 0.3) is 32.3 Å². The molecule has 1 aliphatic heterocycles. The maximum absolute atomic E-state index is 2.42. The average molecular weight is 300 g/mol. The molecule has 0 aromatic heterocycles. The van der Waals surface area contributed by atoms with E-state index in [0.29, 0.717) is 0 Å². The van der Waals surface area contributed by atoms with Crippen LogP contribution in [0.2, 0.25) is 0 Å². The molecule has 0 amide bonds. The first-order valence-electron chi connectivity index (χ1n) is 7.83. The van der Waals surface area contributed by atoms with Gasteiger partial charge in [0.15, 0.2) is 0 Å². The van der Waals surface area contributed by atoms with Gasteiger partial charge in [0.25, 0.3) is 0 Å². The fourth-order valence-corrected chi connectivity index (χ4v) is 4.57. The van der Waals surface area contributed by atoms with Crippen molar-refractivity contribution in [1.82, 2.24) is 0 Å². The van der Waals surface area contributed by atoms with E-state index in [0.717, 1.165) is 0 Å². The largest absolute Gasteiger partial charge is 0.157 e. The van der Waals surface area contributed by atoms with E-state index in [4.69, 9.17) is 0 Å². The van der Waals surface area contributed by atoms with Crippen molar-refractivity contribution in [3.05, 3.63) is 71.8 Å². The molecular weight excluding hydrogens is 284 g/mol. The van der Waals surface area contributed by atoms with Crippen molar-refractivity contribution in [3.63, 3.8) is 0 Å². The summed E-state index contributed by atoms with van der Waals surface area (Å²) in [6.07, 6.45) is 1.21. The normalized spacial score (nSPS) is 14.5. The highest BCUT2D eigenvalue weighted by Crippen LogP contribution is 2.32. The summed E-state index contributed by atoms with van der Waals surface area (Å²) in [6.45, 7) is 0. The fraction of sp³-hybridized carbons (Fsp3) is 0.143. The minimum Gasteiger partial charge on any atom is -0.157 e. The van der Waals surface area contributed by atoms with Crippen molar-refractivity contribution in [3.8, 4) is 0 Å². The Balaban J connectivity index is 1.84. The predicted octanol–water partition coefficient (Wildman–Crippen LogP) is 5.94. The molecule has 0 bridgehead atoms. The lowest BCUT2D eigenvalue weighted by molar-refractivity contribution is 1.09. The molecule has 0 saturated carbocycles. The number of fused-ring (bicyclic) bond motifs is 4. The van der Waals surface area contributed by atoms with Crippen LogP contribution < -0.4 is 0 Å². The quantitative estimate of drug-likeness (QED) is 0.362. The van der Waals surface area contributed by atoms with Gasteiger partial charge < -0.3 is 0 Å². The summed E-state index contributed by atoms with van der Waals surface area (Å²) >= 11 is 2.05. The van der Waals surface area contributed by atoms with E-state index in [2.05, 4.69) is 72.4 Å². The molecule has 0 unspecified atom stereocenters. The Morgan fingerprint density at radius 1 is 0.591 bits per heavy atom. The van der Waals surface area contributed by atoms with Crippen LogP contribution in [0.5, 0.6) is 0 Å². The first-order chi connectivity index (χ1) is 10.9. The van der Waals surface area contributed by atoms with Gasteiger partial charge >= 0.3 is 0 Å². The Bertz CT molecular complexity index is 947. The molecule has 22 heavy (non-hydrogen) atoms. The van der Waals surface area contributed by atoms with Gasteiger partial charge in [0.2, 0.25) is 0 Å². The molecule has 4 aromatic rings. The van der Waals surface area contributed by atoms with Crippen LogP contribution in [0, 0.1) is 0 Å². The highest BCUT2D eigenvalue weighted by atomic mass is 32.2. The van der Waals surface area contributed by atoms with Gasteiger partial charge in [-0.1, -0.05) is 36.4 Å². The zero-order valence-corrected chi connectivity index (χ0v) is 13.1. The SMILES string of the molecule is c1ccc2cc3cc4cc5c(cc4cc3cc2c1)CCSC5.